The summed E-state index contributed by atoms with van der Waals surface area (Å²) in [4.78, 5) is 36.0. The Morgan fingerprint density at radius 3 is 2.29 bits per heavy atom. The summed E-state index contributed by atoms with van der Waals surface area (Å²) < 4.78 is 13.3. The summed E-state index contributed by atoms with van der Waals surface area (Å²) in [6.45, 7) is 3.36. The lowest BCUT2D eigenvalue weighted by molar-refractivity contribution is 0.0532. The molecule has 1 aromatic heterocycles. The van der Waals surface area contributed by atoms with Crippen LogP contribution in [0.15, 0.2) is 36.8 Å². The number of benzene rings is 1. The molecule has 124 valence electrons. The van der Waals surface area contributed by atoms with E-state index in [4.69, 9.17) is 0 Å². The molecule has 0 radical (unpaired) electrons. The highest BCUT2D eigenvalue weighted by Crippen LogP contribution is 2.14. The van der Waals surface area contributed by atoms with E-state index in [1.54, 1.807) is 22.8 Å². The molecule has 0 unspecified atom stereocenters. The molecule has 24 heavy (non-hydrogen) atoms. The topological polar surface area (TPSA) is 66.4 Å². The van der Waals surface area contributed by atoms with E-state index in [9.17, 15) is 14.0 Å². The van der Waals surface area contributed by atoms with Crippen LogP contribution in [0.5, 0.6) is 0 Å². The second kappa shape index (κ2) is 6.74. The fraction of sp³-hybridized carbons (Fsp3) is 0.294. The van der Waals surface area contributed by atoms with Gasteiger partial charge in [0.05, 0.1) is 6.20 Å². The SMILES string of the molecule is Cc1cc(C(=O)N2CCN(C(=O)c3cnccn3)CC2)ccc1F. The minimum Gasteiger partial charge on any atom is -0.335 e. The lowest BCUT2D eigenvalue weighted by Gasteiger charge is -2.34. The Hall–Kier alpha value is -2.83. The maximum absolute atomic E-state index is 13.3. The first-order valence-corrected chi connectivity index (χ1v) is 7.67. The van der Waals surface area contributed by atoms with Crippen LogP contribution in [-0.2, 0) is 0 Å². The van der Waals surface area contributed by atoms with Crippen LogP contribution in [0.4, 0.5) is 4.39 Å². The number of piperazine rings is 1. The van der Waals surface area contributed by atoms with E-state index in [0.717, 1.165) is 0 Å². The number of halogens is 1. The van der Waals surface area contributed by atoms with Gasteiger partial charge in [0.2, 0.25) is 0 Å². The van der Waals surface area contributed by atoms with E-state index in [0.29, 0.717) is 43.0 Å². The van der Waals surface area contributed by atoms with Crippen LogP contribution in [0.1, 0.15) is 26.4 Å². The highest BCUT2D eigenvalue weighted by atomic mass is 19.1. The van der Waals surface area contributed by atoms with Crippen LogP contribution in [0.25, 0.3) is 0 Å². The Kier molecular flexibility index (Phi) is 4.50. The summed E-state index contributed by atoms with van der Waals surface area (Å²) in [5, 5.41) is 0. The minimum absolute atomic E-state index is 0.148. The van der Waals surface area contributed by atoms with E-state index in [2.05, 4.69) is 9.97 Å². The zero-order valence-corrected chi connectivity index (χ0v) is 13.3. The molecule has 1 aromatic carbocycles. The monoisotopic (exact) mass is 328 g/mol. The average Bonchev–Trinajstić information content (AvgIpc) is 2.63. The Morgan fingerprint density at radius 2 is 1.71 bits per heavy atom. The quantitative estimate of drug-likeness (QED) is 0.838. The molecule has 1 fully saturated rings. The molecule has 3 rings (SSSR count). The first-order chi connectivity index (χ1) is 11.6. The molecule has 0 bridgehead atoms. The standard InChI is InChI=1S/C17H17FN4O2/c1-12-10-13(2-3-14(12)18)16(23)21-6-8-22(9-7-21)17(24)15-11-19-4-5-20-15/h2-5,10-11H,6-9H2,1H3. The molecule has 1 saturated heterocycles. The van der Waals surface area contributed by atoms with Crippen LogP contribution >= 0.6 is 0 Å². The molecule has 0 spiro atoms. The molecule has 6 nitrogen and oxygen atoms in total. The summed E-state index contributed by atoms with van der Waals surface area (Å²) in [7, 11) is 0. The number of amides is 2. The third-order valence-electron chi connectivity index (χ3n) is 4.04. The first-order valence-electron chi connectivity index (χ1n) is 7.67. The van der Waals surface area contributed by atoms with Gasteiger partial charge in [-0.2, -0.15) is 0 Å². The Bertz CT molecular complexity index is 758. The van der Waals surface area contributed by atoms with Gasteiger partial charge >= 0.3 is 0 Å². The molecule has 2 heterocycles. The largest absolute Gasteiger partial charge is 0.335 e. The zero-order chi connectivity index (χ0) is 17.1. The van der Waals surface area contributed by atoms with Gasteiger partial charge in [-0.15, -0.1) is 0 Å². The van der Waals surface area contributed by atoms with Crippen molar-refractivity contribution < 1.29 is 14.0 Å². The van der Waals surface area contributed by atoms with E-state index in [-0.39, 0.29) is 17.6 Å². The predicted molar refractivity (Wildman–Crippen MR) is 85.0 cm³/mol. The van der Waals surface area contributed by atoms with Crippen molar-refractivity contribution >= 4 is 11.8 Å². The van der Waals surface area contributed by atoms with Gasteiger partial charge in [0.25, 0.3) is 11.8 Å². The van der Waals surface area contributed by atoms with Gasteiger partial charge in [-0.3, -0.25) is 14.6 Å². The Balaban J connectivity index is 1.63. The van der Waals surface area contributed by atoms with Crippen LogP contribution in [0.3, 0.4) is 0 Å². The summed E-state index contributed by atoms with van der Waals surface area (Å²) in [5.74, 6) is -0.663. The van der Waals surface area contributed by atoms with Gasteiger partial charge in [0.15, 0.2) is 0 Å². The number of hydrogen-bond donors (Lipinski definition) is 0. The van der Waals surface area contributed by atoms with E-state index >= 15 is 0 Å². The lowest BCUT2D eigenvalue weighted by atomic mass is 10.1. The van der Waals surface area contributed by atoms with Gasteiger partial charge < -0.3 is 9.80 Å². The second-order valence-corrected chi connectivity index (χ2v) is 5.64. The van der Waals surface area contributed by atoms with Gasteiger partial charge in [-0.1, -0.05) is 0 Å². The number of carbonyl (C=O) groups is 2. The normalized spacial score (nSPS) is 14.6. The molecule has 2 amide bonds. The highest BCUT2D eigenvalue weighted by molar-refractivity contribution is 5.95. The molecule has 7 heteroatoms. The Morgan fingerprint density at radius 1 is 1.04 bits per heavy atom. The maximum Gasteiger partial charge on any atom is 0.274 e. The number of carbonyl (C=O) groups excluding carboxylic acids is 2. The van der Waals surface area contributed by atoms with Crippen molar-refractivity contribution in [1.82, 2.24) is 19.8 Å². The minimum atomic E-state index is -0.328. The molecule has 1 aliphatic heterocycles. The van der Waals surface area contributed by atoms with Crippen LogP contribution in [0, 0.1) is 12.7 Å². The number of hydrogen-bond acceptors (Lipinski definition) is 4. The third kappa shape index (κ3) is 3.24. The molecule has 0 atom stereocenters. The van der Waals surface area contributed by atoms with Gasteiger partial charge in [-0.05, 0) is 30.7 Å². The predicted octanol–water partition coefficient (Wildman–Crippen LogP) is 1.52. The number of aryl methyl sites for hydroxylation is 1. The van der Waals surface area contributed by atoms with Gasteiger partial charge in [0, 0.05) is 44.1 Å². The summed E-state index contributed by atoms with van der Waals surface area (Å²) in [6.07, 6.45) is 4.42. The van der Waals surface area contributed by atoms with Gasteiger partial charge in [-0.25, -0.2) is 9.37 Å². The van der Waals surface area contributed by atoms with Crippen LogP contribution in [-0.4, -0.2) is 57.8 Å². The van der Waals surface area contributed by atoms with E-state index < -0.39 is 0 Å². The zero-order valence-electron chi connectivity index (χ0n) is 13.3. The number of nitrogens with zero attached hydrogens (tertiary/aromatic N) is 4. The van der Waals surface area contributed by atoms with Crippen LogP contribution in [0.2, 0.25) is 0 Å². The molecule has 0 aliphatic carbocycles. The Labute approximate surface area is 138 Å². The molecule has 0 saturated carbocycles. The fourth-order valence-corrected chi connectivity index (χ4v) is 2.64. The average molecular weight is 328 g/mol. The highest BCUT2D eigenvalue weighted by Gasteiger charge is 2.26. The van der Waals surface area contributed by atoms with Crippen molar-refractivity contribution in [2.75, 3.05) is 26.2 Å². The van der Waals surface area contributed by atoms with Crippen molar-refractivity contribution in [3.05, 3.63) is 59.4 Å². The number of rotatable bonds is 2. The number of aromatic nitrogens is 2. The maximum atomic E-state index is 13.3. The molecular formula is C17H17FN4O2. The van der Waals surface area contributed by atoms with Crippen molar-refractivity contribution in [3.8, 4) is 0 Å². The summed E-state index contributed by atoms with van der Waals surface area (Å²) in [5.41, 5.74) is 1.20. The van der Waals surface area contributed by atoms with Crippen LogP contribution < -0.4 is 0 Å². The van der Waals surface area contributed by atoms with E-state index in [1.165, 1.54) is 30.7 Å². The van der Waals surface area contributed by atoms with Crippen molar-refractivity contribution in [1.29, 1.82) is 0 Å². The molecule has 1 aliphatic rings. The van der Waals surface area contributed by atoms with Crippen molar-refractivity contribution in [2.24, 2.45) is 0 Å². The van der Waals surface area contributed by atoms with Crippen molar-refractivity contribution in [2.45, 2.75) is 6.92 Å². The fourth-order valence-electron chi connectivity index (χ4n) is 2.64. The van der Waals surface area contributed by atoms with Crippen molar-refractivity contribution in [3.63, 3.8) is 0 Å². The lowest BCUT2D eigenvalue weighted by Crippen LogP contribution is -2.50. The summed E-state index contributed by atoms with van der Waals surface area (Å²) >= 11 is 0. The molecular weight excluding hydrogens is 311 g/mol. The van der Waals surface area contributed by atoms with E-state index in [1.807, 2.05) is 0 Å². The smallest absolute Gasteiger partial charge is 0.274 e. The third-order valence-corrected chi connectivity index (χ3v) is 4.04. The molecule has 0 N–H and O–H groups in total. The van der Waals surface area contributed by atoms with Gasteiger partial charge in [0.1, 0.15) is 11.5 Å². The second-order valence-electron chi connectivity index (χ2n) is 5.64. The molecule has 2 aromatic rings. The first kappa shape index (κ1) is 16.0. The summed E-state index contributed by atoms with van der Waals surface area (Å²) in [6, 6.07) is 4.34.